The van der Waals surface area contributed by atoms with E-state index in [9.17, 15) is 4.79 Å². The number of allylic oxidation sites excluding steroid dienone is 1. The smallest absolute Gasteiger partial charge is 0.218 e. The first-order chi connectivity index (χ1) is 12.2. The van der Waals surface area contributed by atoms with Gasteiger partial charge in [-0.3, -0.25) is 4.79 Å². The second kappa shape index (κ2) is 8.02. The molecule has 1 fully saturated rings. The highest BCUT2D eigenvalue weighted by atomic mass is 16.5. The summed E-state index contributed by atoms with van der Waals surface area (Å²) in [5.74, 6) is 0.541. The number of rotatable bonds is 6. The number of carbonyl (C=O) groups excluding carboxylic acids is 1. The third kappa shape index (κ3) is 4.30. The molecule has 25 heavy (non-hydrogen) atoms. The van der Waals surface area contributed by atoms with Crippen LogP contribution in [0.4, 0.5) is 0 Å². The van der Waals surface area contributed by atoms with E-state index in [2.05, 4.69) is 12.1 Å². The van der Waals surface area contributed by atoms with Crippen molar-refractivity contribution in [1.82, 2.24) is 0 Å². The summed E-state index contributed by atoms with van der Waals surface area (Å²) in [7, 11) is 1.70. The molecule has 3 heteroatoms. The number of methoxy groups -OCH3 is 1. The molecule has 3 nitrogen and oxygen atoms in total. The number of ether oxygens (including phenoxy) is 1. The van der Waals surface area contributed by atoms with E-state index in [1.54, 1.807) is 7.11 Å². The summed E-state index contributed by atoms with van der Waals surface area (Å²) in [5.41, 5.74) is 10.3. The predicted octanol–water partition coefficient (Wildman–Crippen LogP) is 4.66. The maximum Gasteiger partial charge on any atom is 0.218 e. The zero-order chi connectivity index (χ0) is 17.6. The first kappa shape index (κ1) is 17.3. The summed E-state index contributed by atoms with van der Waals surface area (Å²) >= 11 is 0. The van der Waals surface area contributed by atoms with Crippen molar-refractivity contribution < 1.29 is 9.53 Å². The first-order valence-corrected chi connectivity index (χ1v) is 8.88. The van der Waals surface area contributed by atoms with Crippen LogP contribution in [-0.4, -0.2) is 13.0 Å². The maximum absolute atomic E-state index is 11.6. The van der Waals surface area contributed by atoms with Gasteiger partial charge in [-0.2, -0.15) is 0 Å². The molecule has 130 valence electrons. The number of primary amides is 1. The second-order valence-corrected chi connectivity index (χ2v) is 6.64. The molecule has 1 aliphatic rings. The fourth-order valence-corrected chi connectivity index (χ4v) is 3.59. The lowest BCUT2D eigenvalue weighted by Crippen LogP contribution is -2.16. The van der Waals surface area contributed by atoms with Crippen LogP contribution in [0.2, 0.25) is 0 Å². The number of benzene rings is 2. The van der Waals surface area contributed by atoms with E-state index in [0.717, 1.165) is 35.3 Å². The zero-order valence-corrected chi connectivity index (χ0v) is 14.7. The van der Waals surface area contributed by atoms with E-state index in [1.165, 1.54) is 18.4 Å². The largest absolute Gasteiger partial charge is 0.496 e. The van der Waals surface area contributed by atoms with Gasteiger partial charge in [-0.1, -0.05) is 48.0 Å². The van der Waals surface area contributed by atoms with Gasteiger partial charge in [-0.05, 0) is 48.9 Å². The lowest BCUT2D eigenvalue weighted by Gasteiger charge is -2.18. The predicted molar refractivity (Wildman–Crippen MR) is 102 cm³/mol. The SMILES string of the molecule is COc1ccc(C(CC(N)=O)c2ccccc2)cc1C=C1CCCC1. The van der Waals surface area contributed by atoms with Crippen LogP contribution < -0.4 is 10.5 Å². The first-order valence-electron chi connectivity index (χ1n) is 8.88. The molecule has 0 saturated heterocycles. The average molecular weight is 335 g/mol. The second-order valence-electron chi connectivity index (χ2n) is 6.64. The standard InChI is InChI=1S/C22H25NO2/c1-25-21-12-11-18(14-19(21)13-16-7-5-6-8-16)20(15-22(23)24)17-9-3-2-4-10-17/h2-4,9-14,20H,5-8,15H2,1H3,(H2,23,24). The van der Waals surface area contributed by atoms with Crippen molar-refractivity contribution in [3.05, 3.63) is 70.8 Å². The molecule has 0 spiro atoms. The molecule has 0 bridgehead atoms. The number of carbonyl (C=O) groups is 1. The van der Waals surface area contributed by atoms with Crippen LogP contribution in [0.25, 0.3) is 6.08 Å². The van der Waals surface area contributed by atoms with E-state index < -0.39 is 0 Å². The fourth-order valence-electron chi connectivity index (χ4n) is 3.59. The van der Waals surface area contributed by atoms with Crippen LogP contribution in [0.3, 0.4) is 0 Å². The van der Waals surface area contributed by atoms with Gasteiger partial charge in [0.1, 0.15) is 5.75 Å². The van der Waals surface area contributed by atoms with Crippen LogP contribution in [-0.2, 0) is 4.79 Å². The normalized spacial score (nSPS) is 15.0. The molecule has 0 aliphatic heterocycles. The molecule has 2 N–H and O–H groups in total. The Hall–Kier alpha value is -2.55. The number of hydrogen-bond acceptors (Lipinski definition) is 2. The summed E-state index contributed by atoms with van der Waals surface area (Å²) in [5, 5.41) is 0. The molecule has 1 aliphatic carbocycles. The quantitative estimate of drug-likeness (QED) is 0.834. The molecule has 1 saturated carbocycles. The lowest BCUT2D eigenvalue weighted by atomic mass is 9.87. The minimum atomic E-state index is -0.291. The zero-order valence-electron chi connectivity index (χ0n) is 14.7. The Morgan fingerprint density at radius 2 is 1.84 bits per heavy atom. The molecule has 2 aromatic carbocycles. The summed E-state index contributed by atoms with van der Waals surface area (Å²) < 4.78 is 5.54. The van der Waals surface area contributed by atoms with E-state index in [0.29, 0.717) is 6.42 Å². The Morgan fingerprint density at radius 1 is 1.12 bits per heavy atom. The Morgan fingerprint density at radius 3 is 2.48 bits per heavy atom. The molecule has 1 unspecified atom stereocenters. The average Bonchev–Trinajstić information content (AvgIpc) is 3.13. The molecule has 1 amide bonds. The lowest BCUT2D eigenvalue weighted by molar-refractivity contribution is -0.118. The molecule has 0 heterocycles. The van der Waals surface area contributed by atoms with Crippen molar-refractivity contribution in [3.63, 3.8) is 0 Å². The summed E-state index contributed by atoms with van der Waals surface area (Å²) in [4.78, 5) is 11.6. The number of nitrogens with two attached hydrogens (primary N) is 1. The van der Waals surface area contributed by atoms with Gasteiger partial charge < -0.3 is 10.5 Å². The minimum Gasteiger partial charge on any atom is -0.496 e. The summed E-state index contributed by atoms with van der Waals surface area (Å²) in [6.45, 7) is 0. The molecule has 0 aromatic heterocycles. The minimum absolute atomic E-state index is 0.0367. The van der Waals surface area contributed by atoms with Crippen molar-refractivity contribution in [2.24, 2.45) is 5.73 Å². The Labute approximate surface area is 149 Å². The molecule has 0 radical (unpaired) electrons. The highest BCUT2D eigenvalue weighted by molar-refractivity contribution is 5.75. The van der Waals surface area contributed by atoms with E-state index >= 15 is 0 Å². The molecule has 1 atom stereocenters. The van der Waals surface area contributed by atoms with Crippen molar-refractivity contribution in [2.75, 3.05) is 7.11 Å². The maximum atomic E-state index is 11.6. The van der Waals surface area contributed by atoms with Crippen molar-refractivity contribution in [2.45, 2.75) is 38.0 Å². The Balaban J connectivity index is 2.01. The third-order valence-corrected chi connectivity index (χ3v) is 4.87. The van der Waals surface area contributed by atoms with Crippen LogP contribution in [0.5, 0.6) is 5.75 Å². The van der Waals surface area contributed by atoms with Gasteiger partial charge in [0, 0.05) is 17.9 Å². The topological polar surface area (TPSA) is 52.3 Å². The molecule has 2 aromatic rings. The van der Waals surface area contributed by atoms with Crippen molar-refractivity contribution in [1.29, 1.82) is 0 Å². The highest BCUT2D eigenvalue weighted by Crippen LogP contribution is 2.34. The highest BCUT2D eigenvalue weighted by Gasteiger charge is 2.18. The van der Waals surface area contributed by atoms with Gasteiger partial charge in [0.2, 0.25) is 5.91 Å². The molecular formula is C22H25NO2. The fraction of sp³-hybridized carbons (Fsp3) is 0.318. The van der Waals surface area contributed by atoms with Crippen molar-refractivity contribution in [3.8, 4) is 5.75 Å². The van der Waals surface area contributed by atoms with E-state index in [4.69, 9.17) is 10.5 Å². The van der Waals surface area contributed by atoms with E-state index in [1.807, 2.05) is 42.5 Å². The Bertz CT molecular complexity index is 757. The van der Waals surface area contributed by atoms with Crippen LogP contribution >= 0.6 is 0 Å². The van der Waals surface area contributed by atoms with Gasteiger partial charge in [-0.15, -0.1) is 0 Å². The summed E-state index contributed by atoms with van der Waals surface area (Å²) in [6.07, 6.45) is 7.41. The summed E-state index contributed by atoms with van der Waals surface area (Å²) in [6, 6.07) is 16.2. The van der Waals surface area contributed by atoms with Gasteiger partial charge in [0.15, 0.2) is 0 Å². The number of hydrogen-bond donors (Lipinski definition) is 1. The van der Waals surface area contributed by atoms with E-state index in [-0.39, 0.29) is 11.8 Å². The van der Waals surface area contributed by atoms with Crippen LogP contribution in [0.1, 0.15) is 54.7 Å². The van der Waals surface area contributed by atoms with Gasteiger partial charge in [0.05, 0.1) is 7.11 Å². The van der Waals surface area contributed by atoms with Gasteiger partial charge in [0.25, 0.3) is 0 Å². The monoisotopic (exact) mass is 335 g/mol. The van der Waals surface area contributed by atoms with Crippen molar-refractivity contribution >= 4 is 12.0 Å². The number of amides is 1. The van der Waals surface area contributed by atoms with Crippen LogP contribution in [0, 0.1) is 0 Å². The van der Waals surface area contributed by atoms with Gasteiger partial charge in [-0.25, -0.2) is 0 Å². The van der Waals surface area contributed by atoms with Gasteiger partial charge >= 0.3 is 0 Å². The third-order valence-electron chi connectivity index (χ3n) is 4.87. The van der Waals surface area contributed by atoms with Crippen LogP contribution in [0.15, 0.2) is 54.1 Å². The molecule has 3 rings (SSSR count). The Kier molecular flexibility index (Phi) is 5.54. The molecular weight excluding hydrogens is 310 g/mol.